The first-order chi connectivity index (χ1) is 8.47. The summed E-state index contributed by atoms with van der Waals surface area (Å²) in [7, 11) is 0. The van der Waals surface area contributed by atoms with Gasteiger partial charge in [-0.15, -0.1) is 0 Å². The van der Waals surface area contributed by atoms with Gasteiger partial charge in [-0.1, -0.05) is 25.1 Å². The second kappa shape index (κ2) is 6.19. The minimum Gasteiger partial charge on any atom is -0.481 e. The molecule has 1 rings (SSSR count). The predicted molar refractivity (Wildman–Crippen MR) is 67.5 cm³/mol. The lowest BCUT2D eigenvalue weighted by Crippen LogP contribution is -2.28. The fraction of sp³-hybridized carbons (Fsp3) is 0.429. The maximum atomic E-state index is 11.9. The number of aliphatic carboxylic acids is 1. The highest BCUT2D eigenvalue weighted by Crippen LogP contribution is 2.14. The van der Waals surface area contributed by atoms with E-state index in [1.165, 1.54) is 6.92 Å². The molecule has 0 heterocycles. The Labute approximate surface area is 107 Å². The van der Waals surface area contributed by atoms with Crippen LogP contribution >= 0.6 is 0 Å². The lowest BCUT2D eigenvalue weighted by atomic mass is 10.0. The molecule has 4 nitrogen and oxygen atoms in total. The van der Waals surface area contributed by atoms with Crippen molar-refractivity contribution in [1.29, 1.82) is 0 Å². The molecule has 2 atom stereocenters. The van der Waals surface area contributed by atoms with Crippen molar-refractivity contribution in [3.8, 4) is 0 Å². The summed E-state index contributed by atoms with van der Waals surface area (Å²) in [6, 6.07) is 7.18. The molecular formula is C14H18O4. The van der Waals surface area contributed by atoms with Gasteiger partial charge in [-0.3, -0.25) is 4.79 Å². The fourth-order valence-corrected chi connectivity index (χ4v) is 1.56. The van der Waals surface area contributed by atoms with Gasteiger partial charge in [-0.05, 0) is 31.9 Å². The molecule has 1 aromatic carbocycles. The summed E-state index contributed by atoms with van der Waals surface area (Å²) >= 11 is 0. The van der Waals surface area contributed by atoms with Crippen molar-refractivity contribution in [2.75, 3.05) is 0 Å². The zero-order valence-corrected chi connectivity index (χ0v) is 10.8. The van der Waals surface area contributed by atoms with Crippen molar-refractivity contribution in [2.45, 2.75) is 33.3 Å². The lowest BCUT2D eigenvalue weighted by Gasteiger charge is -2.17. The topological polar surface area (TPSA) is 63.6 Å². The fourth-order valence-electron chi connectivity index (χ4n) is 1.56. The first kappa shape index (κ1) is 14.2. The number of aryl methyl sites for hydroxylation is 1. The molecule has 2 unspecified atom stereocenters. The molecule has 1 N–H and O–H groups in total. The van der Waals surface area contributed by atoms with Gasteiger partial charge in [-0.25, -0.2) is 4.79 Å². The molecule has 98 valence electrons. The molecule has 0 aliphatic heterocycles. The summed E-state index contributed by atoms with van der Waals surface area (Å²) in [5.74, 6) is -2.16. The van der Waals surface area contributed by atoms with E-state index in [2.05, 4.69) is 0 Å². The third-order valence-corrected chi connectivity index (χ3v) is 3.00. The minimum atomic E-state index is -0.973. The van der Waals surface area contributed by atoms with Gasteiger partial charge in [0.15, 0.2) is 0 Å². The quantitative estimate of drug-likeness (QED) is 0.815. The van der Waals surface area contributed by atoms with Crippen molar-refractivity contribution >= 4 is 11.9 Å². The van der Waals surface area contributed by atoms with Gasteiger partial charge in [0.1, 0.15) is 6.10 Å². The molecule has 0 aliphatic rings. The van der Waals surface area contributed by atoms with Gasteiger partial charge < -0.3 is 9.84 Å². The van der Waals surface area contributed by atoms with Crippen LogP contribution < -0.4 is 0 Å². The van der Waals surface area contributed by atoms with E-state index in [1.807, 2.05) is 19.1 Å². The summed E-state index contributed by atoms with van der Waals surface area (Å²) in [4.78, 5) is 22.7. The lowest BCUT2D eigenvalue weighted by molar-refractivity contribution is -0.144. The molecule has 0 bridgehead atoms. The smallest absolute Gasteiger partial charge is 0.338 e. The Kier molecular flexibility index (Phi) is 4.89. The zero-order valence-electron chi connectivity index (χ0n) is 10.8. The average Bonchev–Trinajstić information content (AvgIpc) is 2.37. The molecule has 0 amide bonds. The first-order valence-electron chi connectivity index (χ1n) is 5.99. The van der Waals surface area contributed by atoms with Crippen LogP contribution in [-0.4, -0.2) is 23.1 Å². The molecule has 0 saturated carbocycles. The molecule has 0 saturated heterocycles. The van der Waals surface area contributed by atoms with E-state index in [4.69, 9.17) is 9.84 Å². The van der Waals surface area contributed by atoms with Crippen molar-refractivity contribution in [1.82, 2.24) is 0 Å². The van der Waals surface area contributed by atoms with E-state index in [0.29, 0.717) is 5.56 Å². The molecule has 18 heavy (non-hydrogen) atoms. The normalized spacial score (nSPS) is 13.7. The highest BCUT2D eigenvalue weighted by molar-refractivity contribution is 5.91. The predicted octanol–water partition coefficient (Wildman–Crippen LogP) is 2.52. The van der Waals surface area contributed by atoms with Gasteiger partial charge >= 0.3 is 11.9 Å². The molecule has 0 aromatic heterocycles. The monoisotopic (exact) mass is 250 g/mol. The minimum absolute atomic E-state index is 0.465. The summed E-state index contributed by atoms with van der Waals surface area (Å²) in [6.07, 6.45) is 0.0774. The standard InChI is InChI=1S/C14H18O4/c1-4-11-7-5-6-8-12(11)14(17)18-10(3)9(2)13(15)16/h5-10H,4H2,1-3H3,(H,15,16). The van der Waals surface area contributed by atoms with Crippen LogP contribution in [0.3, 0.4) is 0 Å². The van der Waals surface area contributed by atoms with Crippen LogP contribution in [0.15, 0.2) is 24.3 Å². The van der Waals surface area contributed by atoms with E-state index in [1.54, 1.807) is 19.1 Å². The Morgan fingerprint density at radius 2 is 1.89 bits per heavy atom. The van der Waals surface area contributed by atoms with Crippen LogP contribution in [0.4, 0.5) is 0 Å². The zero-order chi connectivity index (χ0) is 13.7. The Balaban J connectivity index is 2.79. The molecule has 0 aliphatic carbocycles. The summed E-state index contributed by atoms with van der Waals surface area (Å²) < 4.78 is 5.18. The van der Waals surface area contributed by atoms with Gasteiger partial charge in [0.2, 0.25) is 0 Å². The van der Waals surface area contributed by atoms with E-state index in [0.717, 1.165) is 12.0 Å². The van der Waals surface area contributed by atoms with E-state index in [-0.39, 0.29) is 0 Å². The number of hydrogen-bond donors (Lipinski definition) is 1. The third-order valence-electron chi connectivity index (χ3n) is 3.00. The number of ether oxygens (including phenoxy) is 1. The van der Waals surface area contributed by atoms with E-state index < -0.39 is 24.0 Å². The third kappa shape index (κ3) is 3.32. The van der Waals surface area contributed by atoms with Crippen LogP contribution in [0.1, 0.15) is 36.7 Å². The van der Waals surface area contributed by atoms with Gasteiger partial charge in [0.25, 0.3) is 0 Å². The number of hydrogen-bond acceptors (Lipinski definition) is 3. The second-order valence-corrected chi connectivity index (χ2v) is 4.25. The van der Waals surface area contributed by atoms with Crippen molar-refractivity contribution in [3.05, 3.63) is 35.4 Å². The highest BCUT2D eigenvalue weighted by atomic mass is 16.5. The molecule has 0 radical (unpaired) electrons. The number of carboxylic acid groups (broad SMARTS) is 1. The largest absolute Gasteiger partial charge is 0.481 e. The maximum absolute atomic E-state index is 11.9. The van der Waals surface area contributed by atoms with E-state index >= 15 is 0 Å². The van der Waals surface area contributed by atoms with Crippen LogP contribution in [0.25, 0.3) is 0 Å². The molecule has 0 spiro atoms. The highest BCUT2D eigenvalue weighted by Gasteiger charge is 2.24. The SMILES string of the molecule is CCc1ccccc1C(=O)OC(C)C(C)C(=O)O. The van der Waals surface area contributed by atoms with E-state index in [9.17, 15) is 9.59 Å². The van der Waals surface area contributed by atoms with Crippen molar-refractivity contribution in [3.63, 3.8) is 0 Å². The van der Waals surface area contributed by atoms with Crippen LogP contribution in [0.2, 0.25) is 0 Å². The molecule has 0 fully saturated rings. The van der Waals surface area contributed by atoms with Crippen LogP contribution in [0.5, 0.6) is 0 Å². The molecule has 4 heteroatoms. The van der Waals surface area contributed by atoms with Gasteiger partial charge in [0.05, 0.1) is 11.5 Å². The van der Waals surface area contributed by atoms with Gasteiger partial charge in [-0.2, -0.15) is 0 Å². The number of rotatable bonds is 5. The van der Waals surface area contributed by atoms with Gasteiger partial charge in [0, 0.05) is 0 Å². The number of benzene rings is 1. The number of carbonyl (C=O) groups is 2. The number of carbonyl (C=O) groups excluding carboxylic acids is 1. The molecule has 1 aromatic rings. The summed E-state index contributed by atoms with van der Waals surface area (Å²) in [5.41, 5.74) is 1.40. The Morgan fingerprint density at radius 1 is 1.28 bits per heavy atom. The Morgan fingerprint density at radius 3 is 2.44 bits per heavy atom. The average molecular weight is 250 g/mol. The number of esters is 1. The Hall–Kier alpha value is -1.84. The Bertz CT molecular complexity index is 439. The number of carboxylic acids is 1. The summed E-state index contributed by atoms with van der Waals surface area (Å²) in [6.45, 7) is 5.06. The second-order valence-electron chi connectivity index (χ2n) is 4.25. The van der Waals surface area contributed by atoms with Crippen molar-refractivity contribution in [2.24, 2.45) is 5.92 Å². The maximum Gasteiger partial charge on any atom is 0.338 e. The molecular weight excluding hydrogens is 232 g/mol. The van der Waals surface area contributed by atoms with Crippen LogP contribution in [0, 0.1) is 5.92 Å². The van der Waals surface area contributed by atoms with Crippen molar-refractivity contribution < 1.29 is 19.4 Å². The first-order valence-corrected chi connectivity index (χ1v) is 5.99. The van der Waals surface area contributed by atoms with Crippen LogP contribution in [-0.2, 0) is 16.0 Å². The summed E-state index contributed by atoms with van der Waals surface area (Å²) in [5, 5.41) is 8.85.